The molecule has 0 radical (unpaired) electrons. The molecule has 0 amide bonds. The van der Waals surface area contributed by atoms with Crippen LogP contribution in [0.1, 0.15) is 11.1 Å². The predicted molar refractivity (Wildman–Crippen MR) is 77.9 cm³/mol. The standard InChI is InChI=1S/C17H13N3/c18-10-15-8-4-5-9-16(15)12-20-13-19-11-17(20)14-6-2-1-3-7-14/h1-9,11,13H,12H2. The van der Waals surface area contributed by atoms with E-state index in [0.29, 0.717) is 12.1 Å². The van der Waals surface area contributed by atoms with Crippen LogP contribution in [-0.4, -0.2) is 9.55 Å². The zero-order chi connectivity index (χ0) is 13.8. The lowest BCUT2D eigenvalue weighted by Crippen LogP contribution is -2.02. The Balaban J connectivity index is 1.98. The lowest BCUT2D eigenvalue weighted by Gasteiger charge is -2.09. The molecule has 3 aromatic rings. The van der Waals surface area contributed by atoms with Gasteiger partial charge in [-0.1, -0.05) is 48.5 Å². The summed E-state index contributed by atoms with van der Waals surface area (Å²) in [5, 5.41) is 9.16. The van der Waals surface area contributed by atoms with E-state index in [-0.39, 0.29) is 0 Å². The Bertz CT molecular complexity index is 751. The van der Waals surface area contributed by atoms with Crippen LogP contribution in [0.2, 0.25) is 0 Å². The van der Waals surface area contributed by atoms with E-state index in [1.165, 1.54) is 0 Å². The Morgan fingerprint density at radius 3 is 2.55 bits per heavy atom. The molecule has 0 saturated carbocycles. The van der Waals surface area contributed by atoms with Crippen LogP contribution in [0.15, 0.2) is 67.1 Å². The third-order valence-electron chi connectivity index (χ3n) is 3.26. The van der Waals surface area contributed by atoms with Gasteiger partial charge < -0.3 is 4.57 Å². The van der Waals surface area contributed by atoms with Crippen molar-refractivity contribution in [3.8, 4) is 17.3 Å². The number of benzene rings is 2. The van der Waals surface area contributed by atoms with Crippen LogP contribution in [0.4, 0.5) is 0 Å². The first-order valence-electron chi connectivity index (χ1n) is 6.42. The van der Waals surface area contributed by atoms with Gasteiger partial charge in [-0.15, -0.1) is 0 Å². The van der Waals surface area contributed by atoms with Crippen molar-refractivity contribution in [1.82, 2.24) is 9.55 Å². The van der Waals surface area contributed by atoms with Gasteiger partial charge in [0.1, 0.15) is 0 Å². The van der Waals surface area contributed by atoms with E-state index >= 15 is 0 Å². The van der Waals surface area contributed by atoms with Crippen LogP contribution in [0.5, 0.6) is 0 Å². The number of aromatic nitrogens is 2. The Labute approximate surface area is 117 Å². The van der Waals surface area contributed by atoms with Gasteiger partial charge in [0.15, 0.2) is 0 Å². The van der Waals surface area contributed by atoms with Crippen molar-refractivity contribution >= 4 is 0 Å². The highest BCUT2D eigenvalue weighted by Gasteiger charge is 2.07. The normalized spacial score (nSPS) is 10.2. The SMILES string of the molecule is N#Cc1ccccc1Cn1cncc1-c1ccccc1. The van der Waals surface area contributed by atoms with Gasteiger partial charge >= 0.3 is 0 Å². The first kappa shape index (κ1) is 12.2. The zero-order valence-electron chi connectivity index (χ0n) is 10.9. The molecule has 0 spiro atoms. The summed E-state index contributed by atoms with van der Waals surface area (Å²) in [4.78, 5) is 4.23. The molecular weight excluding hydrogens is 246 g/mol. The maximum Gasteiger partial charge on any atom is 0.0995 e. The number of nitrogens with zero attached hydrogens (tertiary/aromatic N) is 3. The topological polar surface area (TPSA) is 41.6 Å². The molecule has 0 unspecified atom stereocenters. The molecule has 96 valence electrons. The van der Waals surface area contributed by atoms with Gasteiger partial charge in [0.2, 0.25) is 0 Å². The summed E-state index contributed by atoms with van der Waals surface area (Å²) in [6.45, 7) is 0.647. The molecule has 3 heteroatoms. The first-order valence-corrected chi connectivity index (χ1v) is 6.42. The van der Waals surface area contributed by atoms with E-state index in [1.54, 1.807) is 6.33 Å². The van der Waals surface area contributed by atoms with Gasteiger partial charge in [-0.05, 0) is 17.2 Å². The average Bonchev–Trinajstić information content (AvgIpc) is 2.97. The van der Waals surface area contributed by atoms with Gasteiger partial charge in [-0.2, -0.15) is 5.26 Å². The van der Waals surface area contributed by atoms with Crippen molar-refractivity contribution in [2.75, 3.05) is 0 Å². The van der Waals surface area contributed by atoms with Crippen molar-refractivity contribution in [3.63, 3.8) is 0 Å². The Morgan fingerprint density at radius 2 is 1.75 bits per heavy atom. The van der Waals surface area contributed by atoms with Crippen molar-refractivity contribution in [2.45, 2.75) is 6.54 Å². The average molecular weight is 259 g/mol. The molecule has 1 aromatic heterocycles. The van der Waals surface area contributed by atoms with E-state index in [2.05, 4.69) is 27.8 Å². The lowest BCUT2D eigenvalue weighted by atomic mass is 10.1. The quantitative estimate of drug-likeness (QED) is 0.722. The summed E-state index contributed by atoms with van der Waals surface area (Å²) in [6, 6.07) is 20.0. The Kier molecular flexibility index (Phi) is 3.30. The molecule has 20 heavy (non-hydrogen) atoms. The van der Waals surface area contributed by atoms with E-state index in [9.17, 15) is 0 Å². The lowest BCUT2D eigenvalue weighted by molar-refractivity contribution is 0.802. The fraction of sp³-hybridized carbons (Fsp3) is 0.0588. The third-order valence-corrected chi connectivity index (χ3v) is 3.26. The van der Waals surface area contributed by atoms with Crippen LogP contribution in [0.3, 0.4) is 0 Å². The maximum atomic E-state index is 9.16. The fourth-order valence-corrected chi connectivity index (χ4v) is 2.25. The fourth-order valence-electron chi connectivity index (χ4n) is 2.25. The number of rotatable bonds is 3. The molecule has 0 fully saturated rings. The summed E-state index contributed by atoms with van der Waals surface area (Å²) in [6.07, 6.45) is 3.65. The van der Waals surface area contributed by atoms with Gasteiger partial charge in [0.25, 0.3) is 0 Å². The van der Waals surface area contributed by atoms with E-state index in [4.69, 9.17) is 5.26 Å². The molecule has 1 heterocycles. The molecular formula is C17H13N3. The van der Waals surface area contributed by atoms with Crippen LogP contribution in [-0.2, 0) is 6.54 Å². The molecule has 3 nitrogen and oxygen atoms in total. The minimum atomic E-state index is 0.647. The van der Waals surface area contributed by atoms with E-state index in [1.807, 2.05) is 48.7 Å². The molecule has 0 bridgehead atoms. The molecule has 0 aliphatic rings. The smallest absolute Gasteiger partial charge is 0.0995 e. The first-order chi connectivity index (χ1) is 9.88. The summed E-state index contributed by atoms with van der Waals surface area (Å²) in [5.74, 6) is 0. The van der Waals surface area contributed by atoms with E-state index < -0.39 is 0 Å². The predicted octanol–water partition coefficient (Wildman–Crippen LogP) is 3.47. The summed E-state index contributed by atoms with van der Waals surface area (Å²) in [7, 11) is 0. The van der Waals surface area contributed by atoms with Crippen LogP contribution in [0.25, 0.3) is 11.3 Å². The molecule has 0 aliphatic carbocycles. The zero-order valence-corrected chi connectivity index (χ0v) is 10.9. The second-order valence-electron chi connectivity index (χ2n) is 4.54. The molecule has 0 atom stereocenters. The Hall–Kier alpha value is -2.86. The largest absolute Gasteiger partial charge is 0.326 e. The van der Waals surface area contributed by atoms with Crippen LogP contribution >= 0.6 is 0 Å². The highest BCUT2D eigenvalue weighted by atomic mass is 15.0. The van der Waals surface area contributed by atoms with Crippen molar-refractivity contribution in [3.05, 3.63) is 78.2 Å². The molecule has 0 aliphatic heterocycles. The van der Waals surface area contributed by atoms with Gasteiger partial charge in [-0.3, -0.25) is 0 Å². The summed E-state index contributed by atoms with van der Waals surface area (Å²) < 4.78 is 2.06. The highest BCUT2D eigenvalue weighted by Crippen LogP contribution is 2.20. The Morgan fingerprint density at radius 1 is 1.00 bits per heavy atom. The molecule has 2 aromatic carbocycles. The maximum absolute atomic E-state index is 9.16. The molecule has 0 N–H and O–H groups in total. The number of hydrogen-bond acceptors (Lipinski definition) is 2. The van der Waals surface area contributed by atoms with Gasteiger partial charge in [0.05, 0.1) is 36.4 Å². The van der Waals surface area contributed by atoms with Gasteiger partial charge in [-0.25, -0.2) is 4.98 Å². The van der Waals surface area contributed by atoms with Crippen LogP contribution in [0, 0.1) is 11.3 Å². The van der Waals surface area contributed by atoms with Gasteiger partial charge in [0, 0.05) is 0 Å². The number of hydrogen-bond donors (Lipinski definition) is 0. The molecule has 3 rings (SSSR count). The number of imidazole rings is 1. The van der Waals surface area contributed by atoms with Crippen molar-refractivity contribution in [2.24, 2.45) is 0 Å². The second kappa shape index (κ2) is 5.41. The highest BCUT2D eigenvalue weighted by molar-refractivity contribution is 5.58. The monoisotopic (exact) mass is 259 g/mol. The van der Waals surface area contributed by atoms with Crippen LogP contribution < -0.4 is 0 Å². The molecule has 0 saturated heterocycles. The van der Waals surface area contributed by atoms with Crippen molar-refractivity contribution < 1.29 is 0 Å². The summed E-state index contributed by atoms with van der Waals surface area (Å²) in [5.41, 5.74) is 3.89. The minimum absolute atomic E-state index is 0.647. The summed E-state index contributed by atoms with van der Waals surface area (Å²) >= 11 is 0. The number of nitriles is 1. The van der Waals surface area contributed by atoms with Crippen molar-refractivity contribution in [1.29, 1.82) is 5.26 Å². The van der Waals surface area contributed by atoms with E-state index in [0.717, 1.165) is 16.8 Å². The third kappa shape index (κ3) is 2.32. The second-order valence-corrected chi connectivity index (χ2v) is 4.54. The minimum Gasteiger partial charge on any atom is -0.326 e.